The van der Waals surface area contributed by atoms with Crippen LogP contribution in [0.15, 0.2) is 59.2 Å². The summed E-state index contributed by atoms with van der Waals surface area (Å²) in [6, 6.07) is 13.0. The monoisotopic (exact) mass is 454 g/mol. The van der Waals surface area contributed by atoms with Gasteiger partial charge < -0.3 is 9.47 Å². The fourth-order valence-corrected chi connectivity index (χ4v) is 5.25. The molecule has 0 spiro atoms. The van der Waals surface area contributed by atoms with Crippen molar-refractivity contribution in [2.24, 2.45) is 0 Å². The van der Waals surface area contributed by atoms with E-state index in [9.17, 15) is 4.79 Å². The van der Waals surface area contributed by atoms with Crippen molar-refractivity contribution >= 4 is 50.7 Å². The van der Waals surface area contributed by atoms with Gasteiger partial charge in [-0.1, -0.05) is 35.5 Å². The summed E-state index contributed by atoms with van der Waals surface area (Å²) in [4.78, 5) is 22.5. The van der Waals surface area contributed by atoms with Crippen LogP contribution in [0.1, 0.15) is 10.4 Å². The van der Waals surface area contributed by atoms with Crippen molar-refractivity contribution in [2.45, 2.75) is 5.03 Å². The van der Waals surface area contributed by atoms with Crippen molar-refractivity contribution in [1.82, 2.24) is 9.97 Å². The molecule has 30 heavy (non-hydrogen) atoms. The van der Waals surface area contributed by atoms with E-state index in [1.807, 2.05) is 24.3 Å². The summed E-state index contributed by atoms with van der Waals surface area (Å²) in [6.45, 7) is 1.01. The van der Waals surface area contributed by atoms with E-state index < -0.39 is 0 Å². The van der Waals surface area contributed by atoms with Crippen molar-refractivity contribution < 1.29 is 14.3 Å². The highest BCUT2D eigenvalue weighted by molar-refractivity contribution is 8.00. The molecule has 8 heteroatoms. The first-order valence-corrected chi connectivity index (χ1v) is 11.5. The Labute approximate surface area is 186 Å². The molecule has 0 amide bonds. The molecule has 0 saturated heterocycles. The van der Waals surface area contributed by atoms with Gasteiger partial charge in [0.15, 0.2) is 17.3 Å². The number of nitrogens with zero attached hydrogens (tertiary/aromatic N) is 2. The van der Waals surface area contributed by atoms with Gasteiger partial charge in [0.25, 0.3) is 0 Å². The Balaban J connectivity index is 1.41. The number of carbonyl (C=O) groups excluding carboxylic acids is 1. The molecular weight excluding hydrogens is 440 g/mol. The molecular formula is C22H15ClN2O3S2. The second-order valence-electron chi connectivity index (χ2n) is 6.59. The molecule has 5 nitrogen and oxygen atoms in total. The third-order valence-electron chi connectivity index (χ3n) is 4.69. The molecule has 4 aromatic rings. The summed E-state index contributed by atoms with van der Waals surface area (Å²) >= 11 is 9.00. The van der Waals surface area contributed by atoms with Gasteiger partial charge in [-0.2, -0.15) is 0 Å². The van der Waals surface area contributed by atoms with Gasteiger partial charge >= 0.3 is 0 Å². The largest absolute Gasteiger partial charge is 0.486 e. The molecule has 0 fully saturated rings. The standard InChI is InChI=1S/C22H15ClN2O3S2/c23-15-4-1-13(2-5-15)16-10-29-21-20(16)22(25-12-24-21)30-11-17(26)14-3-6-18-19(9-14)28-8-7-27-18/h1-6,9-10,12H,7-8,11H2. The minimum absolute atomic E-state index is 0.00649. The number of Topliss-reactive ketones (excluding diaryl/α,β-unsaturated/α-hetero) is 1. The van der Waals surface area contributed by atoms with Gasteiger partial charge in [0, 0.05) is 21.5 Å². The number of aromatic nitrogens is 2. The SMILES string of the molecule is O=C(CSc1ncnc2scc(-c3ccc(Cl)cc3)c12)c1ccc2c(c1)OCCO2. The van der Waals surface area contributed by atoms with Crippen molar-refractivity contribution in [1.29, 1.82) is 0 Å². The first kappa shape index (κ1) is 19.4. The fraction of sp³-hybridized carbons (Fsp3) is 0.136. The number of benzene rings is 2. The van der Waals surface area contributed by atoms with E-state index in [0.29, 0.717) is 35.3 Å². The number of thioether (sulfide) groups is 1. The van der Waals surface area contributed by atoms with Gasteiger partial charge in [0.05, 0.1) is 11.1 Å². The Morgan fingerprint density at radius 2 is 1.87 bits per heavy atom. The number of hydrogen-bond donors (Lipinski definition) is 0. The van der Waals surface area contributed by atoms with E-state index in [0.717, 1.165) is 26.4 Å². The Morgan fingerprint density at radius 1 is 1.07 bits per heavy atom. The minimum Gasteiger partial charge on any atom is -0.486 e. The molecule has 5 rings (SSSR count). The summed E-state index contributed by atoms with van der Waals surface area (Å²) < 4.78 is 11.1. The number of thiophene rings is 1. The summed E-state index contributed by atoms with van der Waals surface area (Å²) in [7, 11) is 0. The maximum absolute atomic E-state index is 12.8. The predicted octanol–water partition coefficient (Wildman–Crippen LogP) is 5.76. The van der Waals surface area contributed by atoms with Gasteiger partial charge in [-0.05, 0) is 35.9 Å². The highest BCUT2D eigenvalue weighted by atomic mass is 35.5. The van der Waals surface area contributed by atoms with Crippen molar-refractivity contribution in [3.05, 3.63) is 64.8 Å². The van der Waals surface area contributed by atoms with E-state index in [1.54, 1.807) is 35.9 Å². The van der Waals surface area contributed by atoms with Crippen molar-refractivity contribution in [3.8, 4) is 22.6 Å². The number of rotatable bonds is 5. The van der Waals surface area contributed by atoms with E-state index >= 15 is 0 Å². The van der Waals surface area contributed by atoms with E-state index in [1.165, 1.54) is 11.8 Å². The summed E-state index contributed by atoms with van der Waals surface area (Å²) in [5, 5.41) is 4.51. The maximum Gasteiger partial charge on any atom is 0.173 e. The third kappa shape index (κ3) is 3.76. The van der Waals surface area contributed by atoms with Gasteiger partial charge in [-0.3, -0.25) is 4.79 Å². The lowest BCUT2D eigenvalue weighted by molar-refractivity contribution is 0.102. The zero-order valence-electron chi connectivity index (χ0n) is 15.6. The predicted molar refractivity (Wildman–Crippen MR) is 120 cm³/mol. The number of ether oxygens (including phenoxy) is 2. The van der Waals surface area contributed by atoms with Crippen molar-refractivity contribution in [2.75, 3.05) is 19.0 Å². The van der Waals surface area contributed by atoms with Crippen LogP contribution in [0.25, 0.3) is 21.3 Å². The molecule has 150 valence electrons. The molecule has 1 aliphatic rings. The van der Waals surface area contributed by atoms with Gasteiger partial charge in [-0.25, -0.2) is 9.97 Å². The Kier molecular flexibility index (Phi) is 5.33. The molecule has 0 bridgehead atoms. The fourth-order valence-electron chi connectivity index (χ4n) is 3.23. The molecule has 2 aromatic carbocycles. The highest BCUT2D eigenvalue weighted by Crippen LogP contribution is 2.38. The number of ketones is 1. The van der Waals surface area contributed by atoms with Crippen LogP contribution in [-0.2, 0) is 0 Å². The first-order valence-electron chi connectivity index (χ1n) is 9.23. The average Bonchev–Trinajstić information content (AvgIpc) is 3.22. The van der Waals surface area contributed by atoms with Gasteiger partial charge in [0.1, 0.15) is 29.4 Å². The highest BCUT2D eigenvalue weighted by Gasteiger charge is 2.18. The minimum atomic E-state index is 0.00649. The second kappa shape index (κ2) is 8.26. The number of hydrogen-bond acceptors (Lipinski definition) is 7. The molecule has 1 aliphatic heterocycles. The number of fused-ring (bicyclic) bond motifs is 2. The summed E-state index contributed by atoms with van der Waals surface area (Å²) in [6.07, 6.45) is 1.54. The summed E-state index contributed by atoms with van der Waals surface area (Å²) in [5.74, 6) is 1.56. The first-order chi connectivity index (χ1) is 14.7. The van der Waals surface area contributed by atoms with Crippen LogP contribution in [0, 0.1) is 0 Å². The van der Waals surface area contributed by atoms with Gasteiger partial charge in [0.2, 0.25) is 0 Å². The maximum atomic E-state index is 12.8. The quantitative estimate of drug-likeness (QED) is 0.217. The lowest BCUT2D eigenvalue weighted by atomic mass is 10.1. The Bertz CT molecular complexity index is 1240. The van der Waals surface area contributed by atoms with E-state index in [2.05, 4.69) is 15.3 Å². The van der Waals surface area contributed by atoms with Crippen LogP contribution in [0.3, 0.4) is 0 Å². The molecule has 0 N–H and O–H groups in total. The van der Waals surface area contributed by atoms with Crippen LogP contribution >= 0.6 is 34.7 Å². The summed E-state index contributed by atoms with van der Waals surface area (Å²) in [5.41, 5.74) is 2.68. The molecule has 0 radical (unpaired) electrons. The molecule has 2 aromatic heterocycles. The molecule has 0 atom stereocenters. The van der Waals surface area contributed by atoms with Crippen LogP contribution in [0.4, 0.5) is 0 Å². The van der Waals surface area contributed by atoms with Crippen LogP contribution in [0.5, 0.6) is 11.5 Å². The zero-order chi connectivity index (χ0) is 20.5. The lowest BCUT2D eigenvalue weighted by Gasteiger charge is -2.18. The Hall–Kier alpha value is -2.61. The second-order valence-corrected chi connectivity index (χ2v) is 8.84. The average molecular weight is 455 g/mol. The van der Waals surface area contributed by atoms with Crippen LogP contribution in [-0.4, -0.2) is 34.7 Å². The Morgan fingerprint density at radius 3 is 2.70 bits per heavy atom. The molecule has 0 aliphatic carbocycles. The zero-order valence-corrected chi connectivity index (χ0v) is 18.0. The number of halogens is 1. The smallest absolute Gasteiger partial charge is 0.173 e. The number of carbonyl (C=O) groups is 1. The topological polar surface area (TPSA) is 61.3 Å². The normalized spacial score (nSPS) is 12.8. The van der Waals surface area contributed by atoms with Crippen molar-refractivity contribution in [3.63, 3.8) is 0 Å². The molecule has 0 unspecified atom stereocenters. The molecule has 3 heterocycles. The third-order valence-corrected chi connectivity index (χ3v) is 6.82. The van der Waals surface area contributed by atoms with Crippen LogP contribution < -0.4 is 9.47 Å². The van der Waals surface area contributed by atoms with E-state index in [4.69, 9.17) is 21.1 Å². The lowest BCUT2D eigenvalue weighted by Crippen LogP contribution is -2.16. The van der Waals surface area contributed by atoms with Gasteiger partial charge in [-0.15, -0.1) is 11.3 Å². The van der Waals surface area contributed by atoms with Crippen LogP contribution in [0.2, 0.25) is 5.02 Å². The van der Waals surface area contributed by atoms with E-state index in [-0.39, 0.29) is 11.5 Å². The molecule has 0 saturated carbocycles.